The number of Topliss-reactive ketones (excluding diaryl/α,β-unsaturated/α-hetero) is 1. The van der Waals surface area contributed by atoms with Gasteiger partial charge >= 0.3 is 23.9 Å². The number of carbonyl (C=O) groups excluding carboxylic acids is 5. The first-order chi connectivity index (χ1) is 29.5. The highest BCUT2D eigenvalue weighted by Gasteiger charge is 2.26. The van der Waals surface area contributed by atoms with Gasteiger partial charge in [-0.25, -0.2) is 9.59 Å². The van der Waals surface area contributed by atoms with E-state index >= 15 is 0 Å². The van der Waals surface area contributed by atoms with E-state index in [1.165, 1.54) is 24.3 Å². The van der Waals surface area contributed by atoms with Gasteiger partial charge in [0.15, 0.2) is 12.0 Å². The van der Waals surface area contributed by atoms with Crippen molar-refractivity contribution < 1.29 is 77.8 Å². The number of nitrogens with one attached hydrogen (secondary N) is 4. The summed E-state index contributed by atoms with van der Waals surface area (Å²) in [5.74, 6) is -4.03. The summed E-state index contributed by atoms with van der Waals surface area (Å²) < 4.78 is 16.3. The third kappa shape index (κ3) is 22.3. The fourth-order valence-corrected chi connectivity index (χ4v) is 5.04. The normalized spacial score (nSPS) is 11.4. The number of ketones is 1. The second-order valence-electron chi connectivity index (χ2n) is 12.8. The Labute approximate surface area is 379 Å². The molecule has 0 bridgehead atoms. The molecule has 23 nitrogen and oxygen atoms in total. The van der Waals surface area contributed by atoms with Crippen LogP contribution in [0.4, 0.5) is 0 Å². The van der Waals surface area contributed by atoms with Gasteiger partial charge in [0.2, 0.25) is 5.91 Å². The number of rotatable bonds is 29. The molecule has 0 aliphatic rings. The lowest BCUT2D eigenvalue weighted by atomic mass is 9.98. The van der Waals surface area contributed by atoms with E-state index in [2.05, 4.69) is 43.1 Å². The maximum absolute atomic E-state index is 13.3. The molecule has 64 heavy (non-hydrogen) atoms. The number of carbonyl (C=O) groups is 9. The molecule has 0 radical (unpaired) electrons. The Morgan fingerprint density at radius 1 is 0.750 bits per heavy atom. The van der Waals surface area contributed by atoms with Gasteiger partial charge in [-0.3, -0.25) is 33.6 Å². The molecule has 25 heteroatoms. The molecule has 2 aromatic carbocycles. The van der Waals surface area contributed by atoms with Crippen molar-refractivity contribution in [1.82, 2.24) is 21.3 Å². The topological polar surface area (TPSA) is 359 Å². The minimum atomic E-state index is -1.67. The zero-order chi connectivity index (χ0) is 46.0. The van der Waals surface area contributed by atoms with E-state index in [9.17, 15) is 53.4 Å². The highest BCUT2D eigenvalue weighted by Crippen LogP contribution is 2.17. The smallest absolute Gasteiger partial charge is 0.326 e. The van der Waals surface area contributed by atoms with Gasteiger partial charge in [0.1, 0.15) is 31.0 Å². The van der Waals surface area contributed by atoms with Crippen LogP contribution in [0.2, 0.25) is 0 Å². The predicted molar refractivity (Wildman–Crippen MR) is 233 cm³/mol. The largest absolute Gasteiger partial charge is 0.491 e. The van der Waals surface area contributed by atoms with Crippen LogP contribution in [-0.2, 0) is 33.4 Å². The molecular formula is C39H49N7O16S2. The van der Waals surface area contributed by atoms with Gasteiger partial charge in [-0.15, -0.1) is 5.92 Å². The Bertz CT molecular complexity index is 2020. The van der Waals surface area contributed by atoms with E-state index in [4.69, 9.17) is 30.0 Å². The Kier molecular flexibility index (Phi) is 27.7. The van der Waals surface area contributed by atoms with Crippen molar-refractivity contribution in [3.8, 4) is 17.6 Å². The lowest BCUT2D eigenvalue weighted by molar-refractivity contribution is -0.142. The van der Waals surface area contributed by atoms with Crippen LogP contribution in [0.3, 0.4) is 0 Å². The van der Waals surface area contributed by atoms with Crippen molar-refractivity contribution in [3.05, 3.63) is 75.2 Å². The lowest BCUT2D eigenvalue weighted by Gasteiger charge is -2.16. The summed E-state index contributed by atoms with van der Waals surface area (Å²) in [6.07, 6.45) is -3.52. The second-order valence-corrected chi connectivity index (χ2v) is 12.8. The van der Waals surface area contributed by atoms with Crippen LogP contribution < -0.4 is 26.0 Å². The van der Waals surface area contributed by atoms with Crippen LogP contribution in [-0.4, -0.2) is 132 Å². The van der Waals surface area contributed by atoms with Gasteiger partial charge in [-0.05, 0) is 68.1 Å². The number of carboxylic acids is 4. The molecule has 348 valence electrons. The highest BCUT2D eigenvalue weighted by molar-refractivity contribution is 7.59. The average Bonchev–Trinajstić information content (AvgIpc) is 3.23. The van der Waals surface area contributed by atoms with Crippen LogP contribution in [0.5, 0.6) is 5.75 Å². The van der Waals surface area contributed by atoms with Crippen LogP contribution >= 0.6 is 27.0 Å². The number of ether oxygens (including phenoxy) is 3. The number of carboxylic acid groups (broad SMARTS) is 4. The molecular weight excluding hydrogens is 887 g/mol. The summed E-state index contributed by atoms with van der Waals surface area (Å²) in [4.78, 5) is 112. The SMILES string of the molecule is CC#CCNC(=O)COCCOC(COc1cccc(C(=O)NCCCC(=O)c2cc(C(=O)N[C@@H](CCC(=O)O)C(=O)O)cc(C(=O)N[C@@H](CCC(=O)O)C(=O)O)c2)c1)N=[N+]=[N-].S.S. The molecule has 3 atom stereocenters. The van der Waals surface area contributed by atoms with Crippen LogP contribution in [0.25, 0.3) is 10.4 Å². The van der Waals surface area contributed by atoms with Crippen molar-refractivity contribution >= 4 is 80.3 Å². The van der Waals surface area contributed by atoms with Crippen LogP contribution in [0.15, 0.2) is 47.6 Å². The van der Waals surface area contributed by atoms with Crippen molar-refractivity contribution in [2.75, 3.05) is 39.5 Å². The van der Waals surface area contributed by atoms with Crippen LogP contribution in [0, 0.1) is 11.8 Å². The van der Waals surface area contributed by atoms with E-state index in [0.29, 0.717) is 0 Å². The molecule has 2 aromatic rings. The van der Waals surface area contributed by atoms with E-state index < -0.39 is 103 Å². The third-order valence-corrected chi connectivity index (χ3v) is 8.14. The van der Waals surface area contributed by atoms with Gasteiger partial charge in [0.25, 0.3) is 17.7 Å². The summed E-state index contributed by atoms with van der Waals surface area (Å²) in [6, 6.07) is 5.64. The van der Waals surface area contributed by atoms with Crippen LogP contribution in [0.1, 0.15) is 86.9 Å². The van der Waals surface area contributed by atoms with Crippen molar-refractivity contribution in [1.29, 1.82) is 0 Å². The zero-order valence-corrected chi connectivity index (χ0v) is 36.3. The number of amides is 4. The molecule has 0 aromatic heterocycles. The molecule has 8 N–H and O–H groups in total. The summed E-state index contributed by atoms with van der Waals surface area (Å²) in [7, 11) is 0. The van der Waals surface area contributed by atoms with Gasteiger partial charge in [0.05, 0.1) is 19.8 Å². The predicted octanol–water partition coefficient (Wildman–Crippen LogP) is 1.59. The molecule has 4 amide bonds. The molecule has 1 unspecified atom stereocenters. The van der Waals surface area contributed by atoms with Gasteiger partial charge in [-0.2, -0.15) is 27.0 Å². The molecule has 2 rings (SSSR count). The molecule has 0 spiro atoms. The average molecular weight is 936 g/mol. The van der Waals surface area contributed by atoms with Gasteiger partial charge in [-0.1, -0.05) is 17.1 Å². The van der Waals surface area contributed by atoms with E-state index in [0.717, 1.165) is 18.2 Å². The number of hydrogen-bond donors (Lipinski definition) is 8. The Morgan fingerprint density at radius 2 is 1.33 bits per heavy atom. The minimum Gasteiger partial charge on any atom is -0.491 e. The molecule has 0 aliphatic heterocycles. The Morgan fingerprint density at radius 3 is 1.86 bits per heavy atom. The van der Waals surface area contributed by atoms with E-state index in [1.807, 2.05) is 0 Å². The number of azide groups is 1. The quantitative estimate of drug-likeness (QED) is 0.0143. The first-order valence-corrected chi connectivity index (χ1v) is 18.6. The maximum atomic E-state index is 13.3. The van der Waals surface area contributed by atoms with Crippen molar-refractivity contribution in [3.63, 3.8) is 0 Å². The fourth-order valence-electron chi connectivity index (χ4n) is 5.04. The third-order valence-electron chi connectivity index (χ3n) is 8.14. The zero-order valence-electron chi connectivity index (χ0n) is 34.3. The van der Waals surface area contributed by atoms with Gasteiger partial charge < -0.3 is 55.9 Å². The second kappa shape index (κ2) is 31.1. The first kappa shape index (κ1) is 57.2. The summed E-state index contributed by atoms with van der Waals surface area (Å²) in [5.41, 5.74) is 8.02. The number of nitrogens with zero attached hydrogens (tertiary/aromatic N) is 3. The van der Waals surface area contributed by atoms with E-state index in [1.54, 1.807) is 6.92 Å². The lowest BCUT2D eigenvalue weighted by Crippen LogP contribution is -2.42. The highest BCUT2D eigenvalue weighted by atomic mass is 32.1. The number of hydrogen-bond acceptors (Lipinski definition) is 13. The molecule has 0 aliphatic carbocycles. The maximum Gasteiger partial charge on any atom is 0.326 e. The van der Waals surface area contributed by atoms with E-state index in [-0.39, 0.29) is 102 Å². The van der Waals surface area contributed by atoms with Crippen molar-refractivity contribution in [2.45, 2.75) is 63.8 Å². The number of aliphatic carboxylic acids is 4. The summed E-state index contributed by atoms with van der Waals surface area (Å²) >= 11 is 0. The molecule has 0 fully saturated rings. The fraction of sp³-hybridized carbons (Fsp3) is 0.410. The minimum absolute atomic E-state index is 0. The summed E-state index contributed by atoms with van der Waals surface area (Å²) in [5, 5.41) is 49.8. The van der Waals surface area contributed by atoms with Crippen molar-refractivity contribution in [2.24, 2.45) is 5.11 Å². The van der Waals surface area contributed by atoms with Gasteiger partial charge in [0, 0.05) is 53.0 Å². The monoisotopic (exact) mass is 935 g/mol. The first-order valence-electron chi connectivity index (χ1n) is 18.6. The summed E-state index contributed by atoms with van der Waals surface area (Å²) in [6.45, 7) is 1.28. The molecule has 0 heterocycles. The Hall–Kier alpha value is -6.84. The standard InChI is InChI=1S/C39H45N7O16.2H2S/c1-2-3-13-41-31(48)21-60-15-16-61-32(45-46-40)22-62-27-7-4-6-23(20-27)35(53)42-14-5-8-30(47)24-17-25(36(54)43-28(38(56)57)9-11-33(49)50)19-26(18-24)37(55)44-29(39(58)59)10-12-34(51)52;;/h4,6-7,17-20,28-29,32H,5,8-16,21-22H2,1H3,(H,41,48)(H,42,53)(H,43,54)(H,44,55)(H,49,50)(H,51,52)(H,56,57)(H,58,59);2*1H2/t28-,29-,32?;;/m0../s1. The Balaban J connectivity index is 0.0000198. The molecule has 0 saturated heterocycles. The number of benzene rings is 2. The molecule has 0 saturated carbocycles.